The summed E-state index contributed by atoms with van der Waals surface area (Å²) in [6.45, 7) is 6.59. The minimum Gasteiger partial charge on any atom is -0.390 e. The van der Waals surface area contributed by atoms with Gasteiger partial charge in [0.25, 0.3) is 0 Å². The molecule has 0 amide bonds. The number of aryl methyl sites for hydroxylation is 2. The molecule has 1 aliphatic carbocycles. The van der Waals surface area contributed by atoms with E-state index in [1.165, 1.54) is 41.0 Å². The van der Waals surface area contributed by atoms with E-state index in [-0.39, 0.29) is 24.0 Å². The lowest BCUT2D eigenvalue weighted by molar-refractivity contribution is 0.111. The summed E-state index contributed by atoms with van der Waals surface area (Å²) < 4.78 is 0. The molecule has 1 atom stereocenters. The lowest BCUT2D eigenvalue weighted by Gasteiger charge is -2.30. The highest BCUT2D eigenvalue weighted by Gasteiger charge is 2.19. The third-order valence-corrected chi connectivity index (χ3v) is 7.23. The lowest BCUT2D eigenvalue weighted by atomic mass is 10.00. The van der Waals surface area contributed by atoms with Gasteiger partial charge in [0.2, 0.25) is 0 Å². The summed E-state index contributed by atoms with van der Waals surface area (Å²) >= 11 is 1.85. The number of fused-ring (bicyclic) bond motifs is 2. The average Bonchev–Trinajstić information content (AvgIpc) is 3.18. The summed E-state index contributed by atoms with van der Waals surface area (Å²) in [5.41, 5.74) is 4.12. The molecule has 2 aromatic rings. The number of nitrogens with one attached hydrogen (secondary N) is 1. The van der Waals surface area contributed by atoms with Crippen LogP contribution in [0.25, 0.3) is 0 Å². The van der Waals surface area contributed by atoms with Crippen molar-refractivity contribution in [1.82, 2.24) is 20.1 Å². The van der Waals surface area contributed by atoms with Gasteiger partial charge in [-0.3, -0.25) is 9.89 Å². The van der Waals surface area contributed by atoms with Crippen LogP contribution in [0.3, 0.4) is 0 Å². The summed E-state index contributed by atoms with van der Waals surface area (Å²) in [7, 11) is 2.05. The monoisotopic (exact) mass is 569 g/mol. The van der Waals surface area contributed by atoms with Crippen molar-refractivity contribution in [2.75, 3.05) is 33.2 Å². The largest absolute Gasteiger partial charge is 0.390 e. The number of benzene rings is 1. The fraction of sp³-hybridized carbons (Fsp3) is 0.583. The van der Waals surface area contributed by atoms with Gasteiger partial charge in [-0.1, -0.05) is 24.3 Å². The molecule has 176 valence electrons. The van der Waals surface area contributed by atoms with Crippen molar-refractivity contribution >= 4 is 41.3 Å². The minimum absolute atomic E-state index is 0. The Labute approximate surface area is 213 Å². The SMILES string of the molecule is CCNC(=NCC(O)CN1CCc2ccccc2C1)N(C)Cc1nc2c(s1)CCCC2.I. The van der Waals surface area contributed by atoms with Crippen molar-refractivity contribution in [3.05, 3.63) is 51.0 Å². The van der Waals surface area contributed by atoms with Crippen LogP contribution in [0.2, 0.25) is 0 Å². The standard InChI is InChI=1S/C24H35N5OS.HI/c1-3-25-24(28(2)17-23-27-21-10-6-7-11-22(21)31-23)26-14-20(30)16-29-13-12-18-8-4-5-9-19(18)15-29;/h4-5,8-9,20,30H,3,6-7,10-17H2,1-2H3,(H,25,26);1H. The van der Waals surface area contributed by atoms with Gasteiger partial charge < -0.3 is 15.3 Å². The first-order chi connectivity index (χ1) is 15.1. The molecule has 0 fully saturated rings. The number of aromatic nitrogens is 1. The van der Waals surface area contributed by atoms with E-state index in [2.05, 4.69) is 53.4 Å². The van der Waals surface area contributed by atoms with E-state index in [1.807, 2.05) is 11.3 Å². The first-order valence-corrected chi connectivity index (χ1v) is 12.4. The van der Waals surface area contributed by atoms with Crippen molar-refractivity contribution < 1.29 is 5.11 Å². The normalized spacial score (nSPS) is 17.2. The van der Waals surface area contributed by atoms with Crippen LogP contribution in [0.15, 0.2) is 29.3 Å². The topological polar surface area (TPSA) is 64.0 Å². The highest BCUT2D eigenvalue weighted by Crippen LogP contribution is 2.27. The van der Waals surface area contributed by atoms with Gasteiger partial charge in [0.15, 0.2) is 5.96 Å². The van der Waals surface area contributed by atoms with Crippen molar-refractivity contribution in [3.8, 4) is 0 Å². The molecule has 1 aromatic heterocycles. The molecule has 0 saturated carbocycles. The van der Waals surface area contributed by atoms with Gasteiger partial charge in [0.05, 0.1) is 24.9 Å². The van der Waals surface area contributed by atoms with Crippen LogP contribution < -0.4 is 5.32 Å². The van der Waals surface area contributed by atoms with Gasteiger partial charge in [-0.2, -0.15) is 0 Å². The number of aliphatic hydroxyl groups is 1. The fourth-order valence-electron chi connectivity index (χ4n) is 4.48. The summed E-state index contributed by atoms with van der Waals surface area (Å²) in [6.07, 6.45) is 5.43. The Morgan fingerprint density at radius 2 is 2.03 bits per heavy atom. The lowest BCUT2D eigenvalue weighted by Crippen LogP contribution is -2.41. The molecule has 2 aliphatic rings. The van der Waals surface area contributed by atoms with Crippen LogP contribution in [0.4, 0.5) is 0 Å². The molecular weight excluding hydrogens is 533 g/mol. The number of hydrogen-bond donors (Lipinski definition) is 2. The number of halogens is 1. The predicted molar refractivity (Wildman–Crippen MR) is 143 cm³/mol. The van der Waals surface area contributed by atoms with E-state index < -0.39 is 6.10 Å². The Balaban J connectivity index is 0.00000289. The van der Waals surface area contributed by atoms with E-state index in [4.69, 9.17) is 9.98 Å². The van der Waals surface area contributed by atoms with Gasteiger partial charge in [-0.15, -0.1) is 35.3 Å². The second-order valence-corrected chi connectivity index (χ2v) is 9.81. The Bertz CT molecular complexity index is 879. The highest BCUT2D eigenvalue weighted by molar-refractivity contribution is 14.0. The van der Waals surface area contributed by atoms with Crippen LogP contribution in [0.1, 0.15) is 46.5 Å². The molecule has 1 aromatic carbocycles. The number of rotatable bonds is 7. The smallest absolute Gasteiger partial charge is 0.194 e. The first-order valence-electron chi connectivity index (χ1n) is 11.6. The van der Waals surface area contributed by atoms with Crippen LogP contribution in [0, 0.1) is 0 Å². The van der Waals surface area contributed by atoms with Gasteiger partial charge in [-0.05, 0) is 50.2 Å². The number of thiazole rings is 1. The molecule has 1 aliphatic heterocycles. The fourth-order valence-corrected chi connectivity index (χ4v) is 5.69. The van der Waals surface area contributed by atoms with E-state index >= 15 is 0 Å². The predicted octanol–water partition coefficient (Wildman–Crippen LogP) is 3.46. The number of β-amino-alcohol motifs (C(OH)–C–C–N with tert-alkyl or cyclic N) is 1. The zero-order chi connectivity index (χ0) is 21.6. The zero-order valence-corrected chi connectivity index (χ0v) is 22.4. The minimum atomic E-state index is -0.473. The van der Waals surface area contributed by atoms with Gasteiger partial charge in [-0.25, -0.2) is 4.98 Å². The Morgan fingerprint density at radius 3 is 2.81 bits per heavy atom. The molecule has 0 spiro atoms. The highest BCUT2D eigenvalue weighted by atomic mass is 127. The second kappa shape index (κ2) is 12.3. The molecule has 4 rings (SSSR count). The molecule has 1 unspecified atom stereocenters. The molecule has 0 bridgehead atoms. The van der Waals surface area contributed by atoms with Crippen molar-refractivity contribution in [2.45, 2.75) is 58.2 Å². The molecule has 2 heterocycles. The number of aliphatic hydroxyl groups excluding tert-OH is 1. The quantitative estimate of drug-likeness (QED) is 0.304. The molecule has 8 heteroatoms. The molecule has 0 radical (unpaired) electrons. The maximum Gasteiger partial charge on any atom is 0.194 e. The van der Waals surface area contributed by atoms with Crippen molar-refractivity contribution in [3.63, 3.8) is 0 Å². The molecule has 2 N–H and O–H groups in total. The molecule has 6 nitrogen and oxygen atoms in total. The maximum absolute atomic E-state index is 10.6. The van der Waals surface area contributed by atoms with Crippen molar-refractivity contribution in [2.24, 2.45) is 4.99 Å². The van der Waals surface area contributed by atoms with E-state index in [0.717, 1.165) is 50.0 Å². The summed E-state index contributed by atoms with van der Waals surface area (Å²) in [6, 6.07) is 8.61. The second-order valence-electron chi connectivity index (χ2n) is 8.64. The third kappa shape index (κ3) is 6.65. The Kier molecular flexibility index (Phi) is 9.76. The zero-order valence-electron chi connectivity index (χ0n) is 19.2. The van der Waals surface area contributed by atoms with E-state index in [0.29, 0.717) is 13.1 Å². The van der Waals surface area contributed by atoms with Gasteiger partial charge >= 0.3 is 0 Å². The number of nitrogens with zero attached hydrogens (tertiary/aromatic N) is 4. The van der Waals surface area contributed by atoms with Crippen LogP contribution in [-0.4, -0.2) is 65.2 Å². The number of guanidine groups is 1. The maximum atomic E-state index is 10.6. The summed E-state index contributed by atoms with van der Waals surface area (Å²) in [5, 5.41) is 15.2. The van der Waals surface area contributed by atoms with E-state index in [9.17, 15) is 5.11 Å². The summed E-state index contributed by atoms with van der Waals surface area (Å²) in [4.78, 5) is 15.5. The number of hydrogen-bond acceptors (Lipinski definition) is 5. The number of aliphatic imine (C=N–C) groups is 1. The Hall–Kier alpha value is -1.23. The van der Waals surface area contributed by atoms with Crippen LogP contribution in [0.5, 0.6) is 0 Å². The van der Waals surface area contributed by atoms with Crippen LogP contribution >= 0.6 is 35.3 Å². The third-order valence-electron chi connectivity index (χ3n) is 6.09. The molecule has 32 heavy (non-hydrogen) atoms. The van der Waals surface area contributed by atoms with Crippen LogP contribution in [-0.2, 0) is 32.4 Å². The first kappa shape index (κ1) is 25.4. The van der Waals surface area contributed by atoms with Crippen molar-refractivity contribution in [1.29, 1.82) is 0 Å². The molecular formula is C24H36IN5OS. The van der Waals surface area contributed by atoms with Gasteiger partial charge in [0, 0.05) is 38.1 Å². The van der Waals surface area contributed by atoms with E-state index in [1.54, 1.807) is 0 Å². The molecule has 0 saturated heterocycles. The average molecular weight is 570 g/mol. The summed E-state index contributed by atoms with van der Waals surface area (Å²) in [5.74, 6) is 0.832. The van der Waals surface area contributed by atoms with Gasteiger partial charge in [0.1, 0.15) is 5.01 Å². The Morgan fingerprint density at radius 1 is 1.25 bits per heavy atom.